The second-order valence-corrected chi connectivity index (χ2v) is 6.31. The van der Waals surface area contributed by atoms with Gasteiger partial charge in [-0.25, -0.2) is 16.4 Å². The van der Waals surface area contributed by atoms with Crippen molar-refractivity contribution in [1.29, 1.82) is 0 Å². The quantitative estimate of drug-likeness (QED) is 0.159. The van der Waals surface area contributed by atoms with Crippen molar-refractivity contribution in [2.24, 2.45) is 16.7 Å². The molecule has 8 nitrogen and oxygen atoms in total. The van der Waals surface area contributed by atoms with E-state index in [0.717, 1.165) is 40.3 Å². The highest BCUT2D eigenvalue weighted by atomic mass is 16.5. The number of ether oxygens (including phenoxy) is 3. The van der Waals surface area contributed by atoms with Gasteiger partial charge in [0.05, 0.1) is 24.9 Å². The van der Waals surface area contributed by atoms with Crippen LogP contribution < -0.4 is 31.3 Å². The number of nitrogens with zero attached hydrogens (tertiary/aromatic N) is 2. The van der Waals surface area contributed by atoms with Crippen molar-refractivity contribution in [3.8, 4) is 17.2 Å². The SMILES string of the molecule is COc1ccc2nc(COc3ccc(OCCC/C(N)=N/NN)cc3)ccc2c1. The van der Waals surface area contributed by atoms with Crippen LogP contribution in [-0.4, -0.2) is 24.5 Å². The zero-order valence-corrected chi connectivity index (χ0v) is 16.3. The molecule has 0 unspecified atom stereocenters. The molecule has 0 aliphatic rings. The number of hydrazone groups is 1. The smallest absolute Gasteiger partial charge is 0.130 e. The first-order valence-corrected chi connectivity index (χ1v) is 9.25. The summed E-state index contributed by atoms with van der Waals surface area (Å²) in [6, 6.07) is 17.2. The second-order valence-electron chi connectivity index (χ2n) is 6.31. The summed E-state index contributed by atoms with van der Waals surface area (Å²) in [5, 5.41) is 4.72. The predicted molar refractivity (Wildman–Crippen MR) is 113 cm³/mol. The fraction of sp³-hybridized carbons (Fsp3) is 0.238. The van der Waals surface area contributed by atoms with Crippen LogP contribution in [0.1, 0.15) is 18.5 Å². The predicted octanol–water partition coefficient (Wildman–Crippen LogP) is 2.72. The van der Waals surface area contributed by atoms with Gasteiger partial charge in [0, 0.05) is 11.8 Å². The molecular weight excluding hydrogens is 370 g/mol. The van der Waals surface area contributed by atoms with Gasteiger partial charge in [0.25, 0.3) is 0 Å². The lowest BCUT2D eigenvalue weighted by Gasteiger charge is -2.09. The number of nitrogens with one attached hydrogen (secondary N) is 1. The summed E-state index contributed by atoms with van der Waals surface area (Å²) in [6.45, 7) is 0.919. The number of hydrogen-bond donors (Lipinski definition) is 3. The molecule has 3 rings (SSSR count). The summed E-state index contributed by atoms with van der Waals surface area (Å²) in [6.07, 6.45) is 1.35. The molecule has 0 saturated carbocycles. The molecule has 152 valence electrons. The fourth-order valence-corrected chi connectivity index (χ4v) is 2.72. The molecular formula is C21H25N5O3. The van der Waals surface area contributed by atoms with Gasteiger partial charge >= 0.3 is 0 Å². The molecule has 5 N–H and O–H groups in total. The number of amidine groups is 1. The van der Waals surface area contributed by atoms with Gasteiger partial charge in [-0.3, -0.25) is 0 Å². The van der Waals surface area contributed by atoms with Crippen LogP contribution in [0.25, 0.3) is 10.9 Å². The first kappa shape index (κ1) is 20.2. The molecule has 8 heteroatoms. The van der Waals surface area contributed by atoms with Crippen molar-refractivity contribution < 1.29 is 14.2 Å². The second kappa shape index (κ2) is 10.1. The third-order valence-electron chi connectivity index (χ3n) is 4.22. The summed E-state index contributed by atoms with van der Waals surface area (Å²) in [4.78, 5) is 4.62. The van der Waals surface area contributed by atoms with Gasteiger partial charge in [-0.2, -0.15) is 5.10 Å². The normalized spacial score (nSPS) is 11.3. The van der Waals surface area contributed by atoms with Crippen LogP contribution in [0.5, 0.6) is 17.2 Å². The molecule has 0 aliphatic heterocycles. The van der Waals surface area contributed by atoms with E-state index in [2.05, 4.69) is 15.6 Å². The minimum atomic E-state index is 0.385. The van der Waals surface area contributed by atoms with Crippen molar-refractivity contribution >= 4 is 16.7 Å². The summed E-state index contributed by atoms with van der Waals surface area (Å²) in [5.41, 5.74) is 9.56. The molecule has 0 aliphatic carbocycles. The number of hydrazine groups is 1. The van der Waals surface area contributed by atoms with E-state index in [-0.39, 0.29) is 0 Å². The summed E-state index contributed by atoms with van der Waals surface area (Å²) in [5.74, 6) is 7.84. The summed E-state index contributed by atoms with van der Waals surface area (Å²) >= 11 is 0. The van der Waals surface area contributed by atoms with Crippen LogP contribution in [0, 0.1) is 0 Å². The van der Waals surface area contributed by atoms with E-state index in [9.17, 15) is 0 Å². The Morgan fingerprint density at radius 2 is 1.72 bits per heavy atom. The van der Waals surface area contributed by atoms with Gasteiger partial charge < -0.3 is 19.9 Å². The van der Waals surface area contributed by atoms with Crippen molar-refractivity contribution in [2.45, 2.75) is 19.4 Å². The molecule has 1 heterocycles. The lowest BCUT2D eigenvalue weighted by Crippen LogP contribution is -2.22. The number of pyridine rings is 1. The molecule has 0 atom stereocenters. The Bertz CT molecular complexity index is 960. The Morgan fingerprint density at radius 1 is 1.00 bits per heavy atom. The average molecular weight is 395 g/mol. The molecule has 0 bridgehead atoms. The molecule has 0 spiro atoms. The monoisotopic (exact) mass is 395 g/mol. The number of rotatable bonds is 10. The lowest BCUT2D eigenvalue weighted by atomic mass is 10.2. The Labute approximate surface area is 169 Å². The lowest BCUT2D eigenvalue weighted by molar-refractivity contribution is 0.297. The van der Waals surface area contributed by atoms with Crippen molar-refractivity contribution in [1.82, 2.24) is 10.5 Å². The number of aromatic nitrogens is 1. The number of fused-ring (bicyclic) bond motifs is 1. The molecule has 0 fully saturated rings. The van der Waals surface area contributed by atoms with E-state index >= 15 is 0 Å². The van der Waals surface area contributed by atoms with E-state index in [1.165, 1.54) is 0 Å². The Morgan fingerprint density at radius 3 is 2.45 bits per heavy atom. The highest BCUT2D eigenvalue weighted by molar-refractivity contribution is 5.80. The molecule has 3 aromatic rings. The topological polar surface area (TPSA) is 117 Å². The zero-order chi connectivity index (χ0) is 20.5. The van der Waals surface area contributed by atoms with E-state index in [4.69, 9.17) is 25.8 Å². The molecule has 29 heavy (non-hydrogen) atoms. The van der Waals surface area contributed by atoms with Gasteiger partial charge in [0.2, 0.25) is 0 Å². The maximum atomic E-state index is 5.83. The minimum absolute atomic E-state index is 0.385. The van der Waals surface area contributed by atoms with E-state index in [1.54, 1.807) is 7.11 Å². The van der Waals surface area contributed by atoms with Crippen LogP contribution in [0.15, 0.2) is 59.7 Å². The van der Waals surface area contributed by atoms with Crippen LogP contribution in [0.3, 0.4) is 0 Å². The highest BCUT2D eigenvalue weighted by Gasteiger charge is 2.03. The van der Waals surface area contributed by atoms with Crippen LogP contribution in [0.2, 0.25) is 0 Å². The fourth-order valence-electron chi connectivity index (χ4n) is 2.72. The molecule has 0 radical (unpaired) electrons. The maximum Gasteiger partial charge on any atom is 0.130 e. The molecule has 0 saturated heterocycles. The third-order valence-corrected chi connectivity index (χ3v) is 4.22. The van der Waals surface area contributed by atoms with Crippen LogP contribution in [0.4, 0.5) is 0 Å². The van der Waals surface area contributed by atoms with E-state index < -0.39 is 0 Å². The largest absolute Gasteiger partial charge is 0.497 e. The number of methoxy groups -OCH3 is 1. The van der Waals surface area contributed by atoms with Gasteiger partial charge in [-0.1, -0.05) is 6.07 Å². The highest BCUT2D eigenvalue weighted by Crippen LogP contribution is 2.21. The van der Waals surface area contributed by atoms with Gasteiger partial charge in [0.1, 0.15) is 29.7 Å². The van der Waals surface area contributed by atoms with Crippen molar-refractivity contribution in [3.63, 3.8) is 0 Å². The van der Waals surface area contributed by atoms with Crippen molar-refractivity contribution in [3.05, 3.63) is 60.3 Å². The summed E-state index contributed by atoms with van der Waals surface area (Å²) in [7, 11) is 1.65. The minimum Gasteiger partial charge on any atom is -0.497 e. The third kappa shape index (κ3) is 5.98. The molecule has 2 aromatic carbocycles. The Kier molecular flexibility index (Phi) is 7.07. The first-order valence-electron chi connectivity index (χ1n) is 9.25. The van der Waals surface area contributed by atoms with E-state index in [0.29, 0.717) is 25.5 Å². The summed E-state index contributed by atoms with van der Waals surface area (Å²) < 4.78 is 16.7. The Balaban J connectivity index is 1.48. The van der Waals surface area contributed by atoms with Gasteiger partial charge in [-0.05, 0) is 55.0 Å². The first-order chi connectivity index (χ1) is 14.2. The zero-order valence-electron chi connectivity index (χ0n) is 16.3. The Hall–Kier alpha value is -3.52. The van der Waals surface area contributed by atoms with Gasteiger partial charge in [0.15, 0.2) is 0 Å². The molecule has 0 amide bonds. The van der Waals surface area contributed by atoms with E-state index in [1.807, 2.05) is 54.6 Å². The van der Waals surface area contributed by atoms with Crippen LogP contribution >= 0.6 is 0 Å². The molecule has 1 aromatic heterocycles. The maximum absolute atomic E-state index is 5.83. The van der Waals surface area contributed by atoms with Crippen LogP contribution in [-0.2, 0) is 6.61 Å². The average Bonchev–Trinajstić information content (AvgIpc) is 2.76. The van der Waals surface area contributed by atoms with Gasteiger partial charge in [-0.15, -0.1) is 0 Å². The number of nitrogens with two attached hydrogens (primary N) is 2. The number of benzene rings is 2. The number of hydrogen-bond acceptors (Lipinski definition) is 7. The van der Waals surface area contributed by atoms with Crippen molar-refractivity contribution in [2.75, 3.05) is 13.7 Å². The standard InChI is InChI=1S/C21H25N5O3/c1-27-19-10-11-20-15(13-19)4-5-16(24-20)14-29-18-8-6-17(7-9-18)28-12-2-3-21(22)25-26-23/h4-11,13,26H,2-3,12,14,23H2,1H3,(H2,22,25).